The van der Waals surface area contributed by atoms with Crippen LogP contribution < -0.4 is 19.7 Å². The fourth-order valence-electron chi connectivity index (χ4n) is 5.44. The van der Waals surface area contributed by atoms with E-state index in [4.69, 9.17) is 31.7 Å². The van der Waals surface area contributed by atoms with E-state index in [0.29, 0.717) is 5.11 Å². The zero-order chi connectivity index (χ0) is 28.5. The molecule has 1 fully saturated rings. The molecule has 0 spiro atoms. The summed E-state index contributed by atoms with van der Waals surface area (Å²) in [6, 6.07) is 27.7. The number of hydrogen-bond donors (Lipinski definition) is 1. The molecule has 0 saturated carbocycles. The lowest BCUT2D eigenvalue weighted by Gasteiger charge is -2.28. The monoisotopic (exact) mass is 561 g/mol. The first-order chi connectivity index (χ1) is 19.9. The van der Waals surface area contributed by atoms with Crippen LogP contribution in [0.25, 0.3) is 5.82 Å². The summed E-state index contributed by atoms with van der Waals surface area (Å²) >= 11 is 5.95. The standard InChI is InChI=1S/C33H31N5O2S/c1-21-8-17-30(35-20-21)37-22(2)19-28(23(37)3)32-31(29-7-5-6-18-34-29)36-33(41)38(32)24-9-11-26(12-10-24)40-27-15-13-25(39-4)14-16-27/h5-20,31-32H,1-4H3,(H,36,41)/t31-,32+/m0/s1. The number of nitrogens with one attached hydrogen (secondary N) is 1. The van der Waals surface area contributed by atoms with E-state index in [0.717, 1.165) is 57.0 Å². The largest absolute Gasteiger partial charge is 0.497 e. The van der Waals surface area contributed by atoms with Gasteiger partial charge in [0.2, 0.25) is 0 Å². The van der Waals surface area contributed by atoms with Gasteiger partial charge in [0.25, 0.3) is 0 Å². The minimum Gasteiger partial charge on any atom is -0.497 e. The molecule has 41 heavy (non-hydrogen) atoms. The molecule has 206 valence electrons. The number of hydrogen-bond acceptors (Lipinski definition) is 5. The highest BCUT2D eigenvalue weighted by molar-refractivity contribution is 7.80. The van der Waals surface area contributed by atoms with E-state index >= 15 is 0 Å². The summed E-state index contributed by atoms with van der Waals surface area (Å²) in [6.45, 7) is 6.31. The van der Waals surface area contributed by atoms with Crippen molar-refractivity contribution in [2.75, 3.05) is 12.0 Å². The number of pyridine rings is 2. The maximum Gasteiger partial charge on any atom is 0.174 e. The zero-order valence-electron chi connectivity index (χ0n) is 23.4. The number of benzene rings is 2. The van der Waals surface area contributed by atoms with Crippen LogP contribution in [0.5, 0.6) is 17.2 Å². The Balaban J connectivity index is 1.38. The number of ether oxygens (including phenoxy) is 2. The van der Waals surface area contributed by atoms with Gasteiger partial charge in [0, 0.05) is 29.5 Å². The van der Waals surface area contributed by atoms with E-state index in [2.05, 4.69) is 46.8 Å². The fraction of sp³-hybridized carbons (Fsp3) is 0.182. The Hall–Kier alpha value is -4.69. The van der Waals surface area contributed by atoms with E-state index in [1.54, 1.807) is 7.11 Å². The lowest BCUT2D eigenvalue weighted by Crippen LogP contribution is -2.29. The summed E-state index contributed by atoms with van der Waals surface area (Å²) in [4.78, 5) is 11.6. The first-order valence-electron chi connectivity index (χ1n) is 13.5. The van der Waals surface area contributed by atoms with Crippen molar-refractivity contribution < 1.29 is 9.47 Å². The van der Waals surface area contributed by atoms with Crippen LogP contribution in [0.3, 0.4) is 0 Å². The van der Waals surface area contributed by atoms with Gasteiger partial charge in [0.1, 0.15) is 23.1 Å². The summed E-state index contributed by atoms with van der Waals surface area (Å²) < 4.78 is 13.5. The van der Waals surface area contributed by atoms with E-state index in [9.17, 15) is 0 Å². The third kappa shape index (κ3) is 5.14. The van der Waals surface area contributed by atoms with Crippen LogP contribution in [0.1, 0.15) is 40.3 Å². The first kappa shape index (κ1) is 26.5. The van der Waals surface area contributed by atoms with Gasteiger partial charge in [0.15, 0.2) is 5.11 Å². The third-order valence-electron chi connectivity index (χ3n) is 7.42. The van der Waals surface area contributed by atoms with Crippen LogP contribution in [-0.2, 0) is 0 Å². The van der Waals surface area contributed by atoms with Gasteiger partial charge < -0.3 is 24.3 Å². The molecule has 0 unspecified atom stereocenters. The number of aryl methyl sites for hydroxylation is 2. The van der Waals surface area contributed by atoms with Gasteiger partial charge in [-0.2, -0.15) is 0 Å². The minimum atomic E-state index is -0.140. The van der Waals surface area contributed by atoms with Gasteiger partial charge in [-0.15, -0.1) is 0 Å². The molecule has 6 rings (SSSR count). The molecule has 0 radical (unpaired) electrons. The van der Waals surface area contributed by atoms with Crippen molar-refractivity contribution in [3.63, 3.8) is 0 Å². The predicted octanol–water partition coefficient (Wildman–Crippen LogP) is 7.17. The average Bonchev–Trinajstić information content (AvgIpc) is 3.49. The maximum atomic E-state index is 6.08. The van der Waals surface area contributed by atoms with Gasteiger partial charge in [0.05, 0.1) is 24.9 Å². The topological polar surface area (TPSA) is 64.4 Å². The highest BCUT2D eigenvalue weighted by Crippen LogP contribution is 2.44. The molecular formula is C33H31N5O2S. The quantitative estimate of drug-likeness (QED) is 0.211. The predicted molar refractivity (Wildman–Crippen MR) is 165 cm³/mol. The molecule has 7 nitrogen and oxygen atoms in total. The SMILES string of the molecule is COc1ccc(Oc2ccc(N3C(=S)N[C@@H](c4ccccn4)[C@H]3c3cc(C)n(-c4ccc(C)cn4)c3C)cc2)cc1. The molecule has 0 amide bonds. The second-order valence-corrected chi connectivity index (χ2v) is 10.5. The van der Waals surface area contributed by atoms with Gasteiger partial charge in [-0.3, -0.25) is 4.98 Å². The zero-order valence-corrected chi connectivity index (χ0v) is 24.2. The summed E-state index contributed by atoms with van der Waals surface area (Å²) in [5.41, 5.74) is 6.40. The first-order valence-corrected chi connectivity index (χ1v) is 13.9. The van der Waals surface area contributed by atoms with E-state index in [-0.39, 0.29) is 12.1 Å². The molecule has 2 aromatic carbocycles. The highest BCUT2D eigenvalue weighted by Gasteiger charge is 2.42. The van der Waals surface area contributed by atoms with Gasteiger partial charge in [-0.1, -0.05) is 12.1 Å². The molecule has 3 aromatic heterocycles. The summed E-state index contributed by atoms with van der Waals surface area (Å²) in [7, 11) is 1.65. The van der Waals surface area contributed by atoms with Crippen molar-refractivity contribution in [1.82, 2.24) is 19.9 Å². The van der Waals surface area contributed by atoms with Gasteiger partial charge >= 0.3 is 0 Å². The van der Waals surface area contributed by atoms with Crippen LogP contribution in [0.15, 0.2) is 97.3 Å². The Bertz CT molecular complexity index is 1670. The van der Waals surface area contributed by atoms with Crippen molar-refractivity contribution in [2.24, 2.45) is 0 Å². The van der Waals surface area contributed by atoms with Crippen molar-refractivity contribution in [2.45, 2.75) is 32.9 Å². The molecule has 0 aliphatic carbocycles. The second-order valence-electron chi connectivity index (χ2n) is 10.1. The van der Waals surface area contributed by atoms with E-state index in [1.807, 2.05) is 86.0 Å². The van der Waals surface area contributed by atoms with Crippen LogP contribution in [0, 0.1) is 20.8 Å². The normalized spacial score (nSPS) is 16.5. The number of nitrogens with zero attached hydrogens (tertiary/aromatic N) is 4. The molecule has 1 saturated heterocycles. The van der Waals surface area contributed by atoms with Crippen LogP contribution in [0.4, 0.5) is 5.69 Å². The Labute approximate surface area is 245 Å². The second kappa shape index (κ2) is 11.1. The Kier molecular flexibility index (Phi) is 7.15. The van der Waals surface area contributed by atoms with Crippen molar-refractivity contribution >= 4 is 23.0 Å². The molecular weight excluding hydrogens is 530 g/mol. The van der Waals surface area contributed by atoms with Crippen molar-refractivity contribution in [3.05, 3.63) is 126 Å². The molecule has 1 aliphatic heterocycles. The number of aromatic nitrogens is 3. The molecule has 8 heteroatoms. The van der Waals surface area contributed by atoms with Crippen LogP contribution in [0.2, 0.25) is 0 Å². The third-order valence-corrected chi connectivity index (χ3v) is 7.74. The van der Waals surface area contributed by atoms with Crippen LogP contribution in [-0.4, -0.2) is 26.8 Å². The average molecular weight is 562 g/mol. The number of rotatable bonds is 7. The molecule has 5 aromatic rings. The maximum absolute atomic E-state index is 6.08. The lowest BCUT2D eigenvalue weighted by atomic mass is 9.96. The summed E-state index contributed by atoms with van der Waals surface area (Å²) in [5.74, 6) is 3.15. The Morgan fingerprint density at radius 1 is 0.829 bits per heavy atom. The highest BCUT2D eigenvalue weighted by atomic mass is 32.1. The fourth-order valence-corrected chi connectivity index (χ4v) is 5.78. The molecule has 1 aliphatic rings. The van der Waals surface area contributed by atoms with Gasteiger partial charge in [-0.25, -0.2) is 4.98 Å². The molecule has 2 atom stereocenters. The Morgan fingerprint density at radius 3 is 2.17 bits per heavy atom. The molecule has 1 N–H and O–H groups in total. The van der Waals surface area contributed by atoms with Gasteiger partial charge in [-0.05, 0) is 117 Å². The summed E-state index contributed by atoms with van der Waals surface area (Å²) in [6.07, 6.45) is 3.73. The van der Waals surface area contributed by atoms with E-state index < -0.39 is 0 Å². The Morgan fingerprint density at radius 2 is 1.54 bits per heavy atom. The van der Waals surface area contributed by atoms with Crippen molar-refractivity contribution in [3.8, 4) is 23.1 Å². The summed E-state index contributed by atoms with van der Waals surface area (Å²) in [5, 5.41) is 4.21. The number of methoxy groups -OCH3 is 1. The number of anilines is 1. The number of thiocarbonyl (C=S) groups is 1. The smallest absolute Gasteiger partial charge is 0.174 e. The minimum absolute atomic E-state index is 0.129. The van der Waals surface area contributed by atoms with E-state index in [1.165, 1.54) is 0 Å². The van der Waals surface area contributed by atoms with Crippen molar-refractivity contribution in [1.29, 1.82) is 0 Å². The van der Waals surface area contributed by atoms with Crippen LogP contribution >= 0.6 is 12.2 Å². The molecule has 0 bridgehead atoms. The molecule has 4 heterocycles. The lowest BCUT2D eigenvalue weighted by molar-refractivity contribution is 0.413.